The number of ether oxygens (including phenoxy) is 1. The summed E-state index contributed by atoms with van der Waals surface area (Å²) < 4.78 is 46.2. The minimum Gasteiger partial charge on any atom is -0.478 e. The van der Waals surface area contributed by atoms with E-state index in [1.54, 1.807) is 23.0 Å². The largest absolute Gasteiger partial charge is 0.478 e. The molecule has 1 aromatic heterocycles. The summed E-state index contributed by atoms with van der Waals surface area (Å²) in [5.74, 6) is 0.560. The lowest BCUT2D eigenvalue weighted by atomic mass is 10.1. The maximum absolute atomic E-state index is 12.9. The highest BCUT2D eigenvalue weighted by Crippen LogP contribution is 2.29. The molecule has 0 spiro atoms. The molecule has 3 rings (SSSR count). The summed E-state index contributed by atoms with van der Waals surface area (Å²) in [5, 5.41) is 7.96. The van der Waals surface area contributed by atoms with Gasteiger partial charge in [0.25, 0.3) is 0 Å². The Bertz CT molecular complexity index is 1030. The zero-order valence-electron chi connectivity index (χ0n) is 17.0. The van der Waals surface area contributed by atoms with Crippen LogP contribution < -0.4 is 15.4 Å². The second-order valence-corrected chi connectivity index (χ2v) is 7.28. The van der Waals surface area contributed by atoms with Crippen molar-refractivity contribution in [2.75, 3.05) is 6.61 Å². The number of thiocarbonyl (C=S) groups is 1. The molecule has 0 atom stereocenters. The van der Waals surface area contributed by atoms with E-state index in [0.29, 0.717) is 23.4 Å². The number of hydrogen-bond acceptors (Lipinski definition) is 3. The van der Waals surface area contributed by atoms with Crippen LogP contribution in [0, 0.1) is 0 Å². The maximum atomic E-state index is 12.9. The Morgan fingerprint density at radius 2 is 2.06 bits per heavy atom. The smallest absolute Gasteiger partial charge is 0.416 e. The van der Waals surface area contributed by atoms with Gasteiger partial charge in [-0.05, 0) is 42.8 Å². The van der Waals surface area contributed by atoms with E-state index < -0.39 is 11.7 Å². The normalized spacial score (nSPS) is 14.6. The summed E-state index contributed by atoms with van der Waals surface area (Å²) in [4.78, 5) is 4.31. The fraction of sp³-hybridized carbons (Fsp3) is 0.318. The number of allylic oxidation sites excluding steroid dienone is 4. The van der Waals surface area contributed by atoms with Gasteiger partial charge in [0, 0.05) is 12.6 Å². The molecule has 0 unspecified atom stereocenters. The molecule has 1 aliphatic carbocycles. The molecule has 0 amide bonds. The Morgan fingerprint density at radius 1 is 1.29 bits per heavy atom. The van der Waals surface area contributed by atoms with Crippen LogP contribution >= 0.6 is 12.2 Å². The van der Waals surface area contributed by atoms with Gasteiger partial charge in [-0.25, -0.2) is 9.67 Å². The van der Waals surface area contributed by atoms with E-state index in [-0.39, 0.29) is 17.7 Å². The maximum Gasteiger partial charge on any atom is 0.416 e. The van der Waals surface area contributed by atoms with Gasteiger partial charge in [0.1, 0.15) is 0 Å². The van der Waals surface area contributed by atoms with Crippen LogP contribution in [0.15, 0.2) is 65.8 Å². The molecule has 9 heteroatoms. The number of halogens is 3. The van der Waals surface area contributed by atoms with Crippen LogP contribution in [0.25, 0.3) is 0 Å². The van der Waals surface area contributed by atoms with Gasteiger partial charge in [0.05, 0.1) is 29.8 Å². The molecule has 164 valence electrons. The third-order valence-electron chi connectivity index (χ3n) is 4.42. The standard InChI is InChI=1S/C22H23F3N4OS/c1-2-11-30-20-13-18(15-27-29(20)19-9-4-3-5-10-19)28-21(31)26-14-16-7-6-8-17(12-16)22(23,24)25/h4-10,12-13,15,19H,2-3,11,14H2,1H3,(H,26,31). The first-order valence-corrected chi connectivity index (χ1v) is 10.3. The first kappa shape index (κ1) is 22.7. The fourth-order valence-corrected chi connectivity index (χ4v) is 3.12. The lowest BCUT2D eigenvalue weighted by Gasteiger charge is -2.18. The quantitative estimate of drug-likeness (QED) is 0.513. The van der Waals surface area contributed by atoms with Crippen molar-refractivity contribution in [1.29, 1.82) is 0 Å². The molecule has 1 aliphatic rings. The monoisotopic (exact) mass is 448 g/mol. The van der Waals surface area contributed by atoms with Crippen LogP contribution in [-0.2, 0) is 12.7 Å². The van der Waals surface area contributed by atoms with Crippen molar-refractivity contribution in [1.82, 2.24) is 15.1 Å². The minimum absolute atomic E-state index is 0.0411. The number of rotatable bonds is 6. The number of benzene rings is 1. The molecule has 2 aromatic rings. The van der Waals surface area contributed by atoms with Crippen LogP contribution in [0.2, 0.25) is 0 Å². The van der Waals surface area contributed by atoms with Gasteiger partial charge in [-0.2, -0.15) is 18.3 Å². The predicted octanol–water partition coefficient (Wildman–Crippen LogP) is 4.72. The van der Waals surface area contributed by atoms with E-state index in [4.69, 9.17) is 17.0 Å². The van der Waals surface area contributed by atoms with E-state index in [9.17, 15) is 13.2 Å². The van der Waals surface area contributed by atoms with Gasteiger partial charge in [-0.15, -0.1) is 0 Å². The first-order valence-electron chi connectivity index (χ1n) is 9.90. The van der Waals surface area contributed by atoms with E-state index in [2.05, 4.69) is 27.6 Å². The molecule has 0 saturated heterocycles. The van der Waals surface area contributed by atoms with Gasteiger partial charge >= 0.3 is 6.18 Å². The molecule has 1 heterocycles. The molecule has 0 bridgehead atoms. The van der Waals surface area contributed by atoms with Gasteiger partial charge in [0.2, 0.25) is 5.88 Å². The molecule has 1 N–H and O–H groups in total. The SMILES string of the molecule is CCCOc1cc(=NC(=S)NCc2cccc(C(F)(F)F)c2)cnn1C1C=CCC=C1. The van der Waals surface area contributed by atoms with Crippen LogP contribution in [0.4, 0.5) is 13.2 Å². The summed E-state index contributed by atoms with van der Waals surface area (Å²) in [7, 11) is 0. The number of nitrogens with zero attached hydrogens (tertiary/aromatic N) is 3. The van der Waals surface area contributed by atoms with Crippen molar-refractivity contribution >= 4 is 17.3 Å². The Balaban J connectivity index is 1.74. The predicted molar refractivity (Wildman–Crippen MR) is 116 cm³/mol. The highest BCUT2D eigenvalue weighted by atomic mass is 32.1. The topological polar surface area (TPSA) is 51.4 Å². The highest BCUT2D eigenvalue weighted by Gasteiger charge is 2.30. The second kappa shape index (κ2) is 10.4. The van der Waals surface area contributed by atoms with Gasteiger partial charge in [-0.3, -0.25) is 0 Å². The van der Waals surface area contributed by atoms with Crippen molar-refractivity contribution in [3.63, 3.8) is 0 Å². The molecule has 0 saturated carbocycles. The van der Waals surface area contributed by atoms with E-state index in [0.717, 1.165) is 25.0 Å². The van der Waals surface area contributed by atoms with Crippen molar-refractivity contribution in [2.45, 2.75) is 38.5 Å². The van der Waals surface area contributed by atoms with Crippen LogP contribution in [0.3, 0.4) is 0 Å². The van der Waals surface area contributed by atoms with Crippen LogP contribution in [0.5, 0.6) is 5.88 Å². The van der Waals surface area contributed by atoms with Gasteiger partial charge in [0.15, 0.2) is 5.11 Å². The number of alkyl halides is 3. The molecular weight excluding hydrogens is 425 g/mol. The average Bonchev–Trinajstić information content (AvgIpc) is 2.76. The van der Waals surface area contributed by atoms with Crippen molar-refractivity contribution in [3.8, 4) is 5.88 Å². The average molecular weight is 449 g/mol. The molecule has 31 heavy (non-hydrogen) atoms. The summed E-state index contributed by atoms with van der Waals surface area (Å²) in [6.45, 7) is 2.67. The fourth-order valence-electron chi connectivity index (χ4n) is 2.94. The third-order valence-corrected chi connectivity index (χ3v) is 4.65. The van der Waals surface area contributed by atoms with E-state index >= 15 is 0 Å². The zero-order valence-corrected chi connectivity index (χ0v) is 17.8. The van der Waals surface area contributed by atoms with Crippen LogP contribution in [-0.4, -0.2) is 21.5 Å². The minimum atomic E-state index is -4.39. The highest BCUT2D eigenvalue weighted by molar-refractivity contribution is 7.80. The number of aromatic nitrogens is 2. The molecule has 5 nitrogen and oxygen atoms in total. The molecule has 1 aromatic carbocycles. The zero-order chi connectivity index (χ0) is 22.3. The lowest BCUT2D eigenvalue weighted by molar-refractivity contribution is -0.137. The van der Waals surface area contributed by atoms with Crippen molar-refractivity contribution in [3.05, 3.63) is 77.3 Å². The van der Waals surface area contributed by atoms with Gasteiger partial charge in [-0.1, -0.05) is 43.4 Å². The molecule has 0 radical (unpaired) electrons. The van der Waals surface area contributed by atoms with Crippen molar-refractivity contribution in [2.24, 2.45) is 4.99 Å². The van der Waals surface area contributed by atoms with Gasteiger partial charge < -0.3 is 10.1 Å². The van der Waals surface area contributed by atoms with E-state index in [1.807, 2.05) is 19.1 Å². The lowest BCUT2D eigenvalue weighted by Crippen LogP contribution is -2.23. The molecule has 0 aliphatic heterocycles. The first-order chi connectivity index (χ1) is 14.9. The Kier molecular flexibility index (Phi) is 7.62. The Hall–Kier alpha value is -2.94. The molecular formula is C22H23F3N4OS. The van der Waals surface area contributed by atoms with Crippen LogP contribution in [0.1, 0.15) is 36.9 Å². The number of hydrogen-bond donors (Lipinski definition) is 1. The van der Waals surface area contributed by atoms with E-state index in [1.165, 1.54) is 6.07 Å². The Labute approximate surface area is 184 Å². The Morgan fingerprint density at radius 3 is 2.77 bits per heavy atom. The summed E-state index contributed by atoms with van der Waals surface area (Å²) in [6.07, 6.45) is 7.14. The summed E-state index contributed by atoms with van der Waals surface area (Å²) >= 11 is 5.23. The number of nitrogens with one attached hydrogen (secondary N) is 1. The summed E-state index contributed by atoms with van der Waals surface area (Å²) in [5.41, 5.74) is -0.241. The summed E-state index contributed by atoms with van der Waals surface area (Å²) in [6, 6.07) is 6.79. The third kappa shape index (κ3) is 6.52. The molecule has 0 fully saturated rings. The second-order valence-electron chi connectivity index (χ2n) is 6.90. The van der Waals surface area contributed by atoms with Crippen molar-refractivity contribution < 1.29 is 17.9 Å².